The first-order valence-corrected chi connectivity index (χ1v) is 5.47. The predicted octanol–water partition coefficient (Wildman–Crippen LogP) is 3.14. The Balaban J connectivity index is 2.44. The van der Waals surface area contributed by atoms with Crippen LogP contribution in [0.3, 0.4) is 0 Å². The van der Waals surface area contributed by atoms with Crippen LogP contribution in [0.2, 0.25) is 0 Å². The smallest absolute Gasteiger partial charge is 0.0534 e. The highest BCUT2D eigenvalue weighted by atomic mass is 16.3. The van der Waals surface area contributed by atoms with E-state index in [1.807, 2.05) is 13.0 Å². The molecule has 15 heavy (non-hydrogen) atoms. The zero-order valence-electron chi connectivity index (χ0n) is 9.16. The van der Waals surface area contributed by atoms with Crippen LogP contribution in [0.1, 0.15) is 42.4 Å². The lowest BCUT2D eigenvalue weighted by molar-refractivity contribution is 0.315. The molecule has 0 amide bonds. The molecular formula is C14H17O. The van der Waals surface area contributed by atoms with Crippen LogP contribution in [0, 0.1) is 5.92 Å². The summed E-state index contributed by atoms with van der Waals surface area (Å²) < 4.78 is 0. The van der Waals surface area contributed by atoms with Crippen LogP contribution in [-0.4, -0.2) is 11.7 Å². The Morgan fingerprint density at radius 3 is 2.80 bits per heavy atom. The first-order valence-electron chi connectivity index (χ1n) is 5.47. The highest BCUT2D eigenvalue weighted by molar-refractivity contribution is 5.61. The molecule has 1 nitrogen and oxygen atoms in total. The van der Waals surface area contributed by atoms with Gasteiger partial charge < -0.3 is 5.11 Å². The van der Waals surface area contributed by atoms with E-state index < -0.39 is 0 Å². The fourth-order valence-electron chi connectivity index (χ4n) is 2.02. The maximum atomic E-state index is 9.18. The molecule has 0 bridgehead atoms. The third-order valence-electron chi connectivity index (χ3n) is 3.06. The van der Waals surface area contributed by atoms with Crippen molar-refractivity contribution in [3.8, 4) is 0 Å². The number of benzene rings is 1. The van der Waals surface area contributed by atoms with Gasteiger partial charge in [-0.15, -0.1) is 0 Å². The minimum Gasteiger partial charge on any atom is -0.395 e. The van der Waals surface area contributed by atoms with Gasteiger partial charge in [0.25, 0.3) is 0 Å². The SMILES string of the molecule is C=Cc1c([C](C)CO)cccc1C1CC1. The van der Waals surface area contributed by atoms with Crippen molar-refractivity contribution in [1.82, 2.24) is 0 Å². The van der Waals surface area contributed by atoms with Crippen molar-refractivity contribution in [3.05, 3.63) is 47.4 Å². The van der Waals surface area contributed by atoms with Crippen LogP contribution in [-0.2, 0) is 0 Å². The first kappa shape index (κ1) is 10.4. The average Bonchev–Trinajstić information content (AvgIpc) is 3.10. The second kappa shape index (κ2) is 4.19. The van der Waals surface area contributed by atoms with Crippen LogP contribution >= 0.6 is 0 Å². The van der Waals surface area contributed by atoms with Gasteiger partial charge >= 0.3 is 0 Å². The molecule has 0 atom stereocenters. The molecule has 1 N–H and O–H groups in total. The molecule has 1 saturated carbocycles. The van der Waals surface area contributed by atoms with Gasteiger partial charge in [0.2, 0.25) is 0 Å². The van der Waals surface area contributed by atoms with Gasteiger partial charge in [0, 0.05) is 5.92 Å². The fourth-order valence-corrected chi connectivity index (χ4v) is 2.02. The van der Waals surface area contributed by atoms with Gasteiger partial charge in [-0.1, -0.05) is 37.8 Å². The molecule has 0 saturated heterocycles. The molecule has 79 valence electrons. The number of aliphatic hydroxyl groups is 1. The largest absolute Gasteiger partial charge is 0.395 e. The van der Waals surface area contributed by atoms with E-state index in [0.717, 1.165) is 17.4 Å². The van der Waals surface area contributed by atoms with Crippen molar-refractivity contribution in [2.45, 2.75) is 25.7 Å². The minimum absolute atomic E-state index is 0.120. The first-order chi connectivity index (χ1) is 7.27. The summed E-state index contributed by atoms with van der Waals surface area (Å²) in [5.41, 5.74) is 3.76. The second-order valence-electron chi connectivity index (χ2n) is 4.23. The van der Waals surface area contributed by atoms with Crippen LogP contribution in [0.4, 0.5) is 0 Å². The van der Waals surface area contributed by atoms with Crippen LogP contribution in [0.15, 0.2) is 24.8 Å². The maximum absolute atomic E-state index is 9.18. The zero-order valence-corrected chi connectivity index (χ0v) is 9.16. The van der Waals surface area contributed by atoms with Crippen molar-refractivity contribution < 1.29 is 5.11 Å². The highest BCUT2D eigenvalue weighted by Gasteiger charge is 2.26. The van der Waals surface area contributed by atoms with Crippen molar-refractivity contribution in [1.29, 1.82) is 0 Å². The third kappa shape index (κ3) is 1.98. The Kier molecular flexibility index (Phi) is 2.92. The third-order valence-corrected chi connectivity index (χ3v) is 3.06. The van der Waals surface area contributed by atoms with E-state index in [4.69, 9.17) is 0 Å². The summed E-state index contributed by atoms with van der Waals surface area (Å²) in [6, 6.07) is 6.33. The van der Waals surface area contributed by atoms with E-state index >= 15 is 0 Å². The van der Waals surface area contributed by atoms with Crippen molar-refractivity contribution >= 4 is 6.08 Å². The molecule has 1 aromatic rings. The van der Waals surface area contributed by atoms with Gasteiger partial charge in [0.1, 0.15) is 0 Å². The Labute approximate surface area is 91.4 Å². The normalized spacial score (nSPS) is 15.7. The standard InChI is InChI=1S/C14H17O/c1-3-12-13(10(2)9-15)5-4-6-14(12)11-7-8-11/h3-6,11,15H,1,7-9H2,2H3. The van der Waals surface area contributed by atoms with Gasteiger partial charge in [-0.25, -0.2) is 0 Å². The van der Waals surface area contributed by atoms with E-state index in [0.29, 0.717) is 0 Å². The summed E-state index contributed by atoms with van der Waals surface area (Å²) in [6.07, 6.45) is 4.51. The van der Waals surface area contributed by atoms with Crippen molar-refractivity contribution in [3.63, 3.8) is 0 Å². The molecule has 0 spiro atoms. The quantitative estimate of drug-likeness (QED) is 0.793. The van der Waals surface area contributed by atoms with Crippen LogP contribution in [0.25, 0.3) is 6.08 Å². The van der Waals surface area contributed by atoms with Gasteiger partial charge in [-0.3, -0.25) is 0 Å². The summed E-state index contributed by atoms with van der Waals surface area (Å²) >= 11 is 0. The lowest BCUT2D eigenvalue weighted by Crippen LogP contribution is -2.04. The Hall–Kier alpha value is -1.08. The minimum atomic E-state index is 0.120. The van der Waals surface area contributed by atoms with E-state index in [1.165, 1.54) is 24.0 Å². The number of rotatable bonds is 4. The lowest BCUT2D eigenvalue weighted by atomic mass is 9.91. The van der Waals surface area contributed by atoms with Crippen LogP contribution < -0.4 is 0 Å². The Morgan fingerprint density at radius 1 is 1.53 bits per heavy atom. The molecule has 1 heteroatoms. The summed E-state index contributed by atoms with van der Waals surface area (Å²) in [4.78, 5) is 0. The van der Waals surface area contributed by atoms with Crippen LogP contribution in [0.5, 0.6) is 0 Å². The van der Waals surface area contributed by atoms with E-state index in [-0.39, 0.29) is 6.61 Å². The molecule has 0 unspecified atom stereocenters. The summed E-state index contributed by atoms with van der Waals surface area (Å²) in [5.74, 6) is 1.75. The van der Waals surface area contributed by atoms with Gasteiger partial charge in [-0.05, 0) is 35.4 Å². The monoisotopic (exact) mass is 201 g/mol. The van der Waals surface area contributed by atoms with Gasteiger partial charge in [0.15, 0.2) is 0 Å². The predicted molar refractivity (Wildman–Crippen MR) is 63.6 cm³/mol. The highest BCUT2D eigenvalue weighted by Crippen LogP contribution is 2.43. The Bertz CT molecular complexity index is 364. The number of hydrogen-bond acceptors (Lipinski definition) is 1. The maximum Gasteiger partial charge on any atom is 0.0534 e. The van der Waals surface area contributed by atoms with Gasteiger partial charge in [0.05, 0.1) is 6.61 Å². The molecular weight excluding hydrogens is 184 g/mol. The molecule has 1 fully saturated rings. The van der Waals surface area contributed by atoms with E-state index in [2.05, 4.69) is 24.8 Å². The molecule has 0 aliphatic heterocycles. The molecule has 2 rings (SSSR count). The molecule has 1 radical (unpaired) electrons. The number of hydrogen-bond donors (Lipinski definition) is 1. The average molecular weight is 201 g/mol. The van der Waals surface area contributed by atoms with Gasteiger partial charge in [-0.2, -0.15) is 0 Å². The van der Waals surface area contributed by atoms with E-state index in [1.54, 1.807) is 0 Å². The molecule has 0 aromatic heterocycles. The number of aliphatic hydroxyl groups excluding tert-OH is 1. The fraction of sp³-hybridized carbons (Fsp3) is 0.357. The molecule has 1 aliphatic carbocycles. The molecule has 1 aliphatic rings. The summed E-state index contributed by atoms with van der Waals surface area (Å²) in [7, 11) is 0. The van der Waals surface area contributed by atoms with E-state index in [9.17, 15) is 5.11 Å². The lowest BCUT2D eigenvalue weighted by Gasteiger charge is -2.15. The topological polar surface area (TPSA) is 20.2 Å². The zero-order chi connectivity index (χ0) is 10.8. The van der Waals surface area contributed by atoms with Crippen molar-refractivity contribution in [2.75, 3.05) is 6.61 Å². The second-order valence-corrected chi connectivity index (χ2v) is 4.23. The molecule has 0 heterocycles. The summed E-state index contributed by atoms with van der Waals surface area (Å²) in [5, 5.41) is 9.18. The summed E-state index contributed by atoms with van der Waals surface area (Å²) in [6.45, 7) is 5.98. The Morgan fingerprint density at radius 2 is 2.27 bits per heavy atom. The molecule has 1 aromatic carbocycles. The van der Waals surface area contributed by atoms with Crippen molar-refractivity contribution in [2.24, 2.45) is 0 Å².